The molecule has 1 aromatic rings. The number of hydrogen-bond acceptors (Lipinski definition) is 3. The third kappa shape index (κ3) is 6.67. The molecule has 0 atom stereocenters. The Morgan fingerprint density at radius 1 is 1.12 bits per heavy atom. The van der Waals surface area contributed by atoms with Gasteiger partial charge in [-0.05, 0) is 30.7 Å². The van der Waals surface area contributed by atoms with Crippen molar-refractivity contribution in [2.45, 2.75) is 13.3 Å². The molecule has 0 spiro atoms. The maximum atomic E-state index is 6.01. The Kier molecular flexibility index (Phi) is 8.36. The van der Waals surface area contributed by atoms with E-state index in [0.717, 1.165) is 56.7 Å². The number of hydrogen-bond donors (Lipinski definition) is 2. The molecule has 0 bridgehead atoms. The molecule has 0 aromatic heterocycles. The number of halogens is 1. The lowest BCUT2D eigenvalue weighted by atomic mass is 10.1. The molecule has 1 aliphatic rings. The van der Waals surface area contributed by atoms with Crippen molar-refractivity contribution in [3.8, 4) is 0 Å². The first-order valence-corrected chi connectivity index (χ1v) is 9.22. The molecule has 1 saturated heterocycles. The number of piperazine rings is 1. The van der Waals surface area contributed by atoms with Gasteiger partial charge in [0.2, 0.25) is 0 Å². The highest BCUT2D eigenvalue weighted by molar-refractivity contribution is 6.30. The summed E-state index contributed by atoms with van der Waals surface area (Å²) < 4.78 is 0. The lowest BCUT2D eigenvalue weighted by Gasteiger charge is -2.34. The second kappa shape index (κ2) is 10.5. The summed E-state index contributed by atoms with van der Waals surface area (Å²) in [6.45, 7) is 10.9. The van der Waals surface area contributed by atoms with Crippen LogP contribution in [0.1, 0.15) is 12.5 Å². The number of nitrogens with one attached hydrogen (secondary N) is 2. The Hall–Kier alpha value is -1.30. The van der Waals surface area contributed by atoms with Gasteiger partial charge in [0.1, 0.15) is 0 Å². The van der Waals surface area contributed by atoms with Crippen LogP contribution in [0.5, 0.6) is 0 Å². The number of rotatable bonds is 7. The van der Waals surface area contributed by atoms with E-state index < -0.39 is 0 Å². The first-order chi connectivity index (χ1) is 11.7. The summed E-state index contributed by atoms with van der Waals surface area (Å²) in [6, 6.07) is 8.00. The van der Waals surface area contributed by atoms with Crippen LogP contribution in [0.15, 0.2) is 29.3 Å². The second-order valence-electron chi connectivity index (χ2n) is 6.08. The van der Waals surface area contributed by atoms with Crippen LogP contribution in [0, 0.1) is 0 Å². The SMILES string of the molecule is CCN1CCN(CCNC(=NC)NCCc2cccc(Cl)c2)CC1. The molecule has 0 unspecified atom stereocenters. The Morgan fingerprint density at radius 2 is 1.83 bits per heavy atom. The van der Waals surface area contributed by atoms with Crippen LogP contribution in [0.4, 0.5) is 0 Å². The van der Waals surface area contributed by atoms with E-state index in [1.54, 1.807) is 0 Å². The van der Waals surface area contributed by atoms with Gasteiger partial charge in [0.05, 0.1) is 0 Å². The van der Waals surface area contributed by atoms with Crippen LogP contribution in [0.3, 0.4) is 0 Å². The van der Waals surface area contributed by atoms with Gasteiger partial charge in [-0.25, -0.2) is 0 Å². The van der Waals surface area contributed by atoms with Crippen LogP contribution >= 0.6 is 11.6 Å². The summed E-state index contributed by atoms with van der Waals surface area (Å²) in [5.74, 6) is 0.865. The number of guanidine groups is 1. The van der Waals surface area contributed by atoms with Crippen molar-refractivity contribution in [2.24, 2.45) is 4.99 Å². The standard InChI is InChI=1S/C18H30ClN5/c1-3-23-11-13-24(14-12-23)10-9-22-18(20-2)21-8-7-16-5-4-6-17(19)15-16/h4-6,15H,3,7-14H2,1-2H3,(H2,20,21,22). The van der Waals surface area contributed by atoms with E-state index in [1.807, 2.05) is 25.2 Å². The molecule has 0 saturated carbocycles. The fraction of sp³-hybridized carbons (Fsp3) is 0.611. The quantitative estimate of drug-likeness (QED) is 0.579. The van der Waals surface area contributed by atoms with Crippen molar-refractivity contribution in [2.75, 3.05) is 59.4 Å². The zero-order valence-corrected chi connectivity index (χ0v) is 15.6. The van der Waals surface area contributed by atoms with Crippen molar-refractivity contribution in [1.82, 2.24) is 20.4 Å². The molecule has 1 fully saturated rings. The predicted molar refractivity (Wildman–Crippen MR) is 103 cm³/mol. The maximum Gasteiger partial charge on any atom is 0.191 e. The summed E-state index contributed by atoms with van der Waals surface area (Å²) in [7, 11) is 1.81. The van der Waals surface area contributed by atoms with Gasteiger partial charge in [-0.15, -0.1) is 0 Å². The number of nitrogens with zero attached hydrogens (tertiary/aromatic N) is 3. The van der Waals surface area contributed by atoms with Gasteiger partial charge in [-0.3, -0.25) is 9.89 Å². The van der Waals surface area contributed by atoms with Crippen molar-refractivity contribution in [3.63, 3.8) is 0 Å². The van der Waals surface area contributed by atoms with E-state index >= 15 is 0 Å². The number of aliphatic imine (C=N–C) groups is 1. The van der Waals surface area contributed by atoms with Crippen molar-refractivity contribution in [1.29, 1.82) is 0 Å². The van der Waals surface area contributed by atoms with Gasteiger partial charge in [0, 0.05) is 57.9 Å². The molecule has 1 aliphatic heterocycles. The molecule has 134 valence electrons. The summed E-state index contributed by atoms with van der Waals surface area (Å²) in [5.41, 5.74) is 1.24. The number of benzene rings is 1. The van der Waals surface area contributed by atoms with Crippen LogP contribution in [-0.4, -0.2) is 75.2 Å². The van der Waals surface area contributed by atoms with Gasteiger partial charge in [0.25, 0.3) is 0 Å². The summed E-state index contributed by atoms with van der Waals surface area (Å²) in [4.78, 5) is 9.30. The average molecular weight is 352 g/mol. The van der Waals surface area contributed by atoms with E-state index in [-0.39, 0.29) is 0 Å². The van der Waals surface area contributed by atoms with Crippen LogP contribution in [0.25, 0.3) is 0 Å². The molecule has 0 aliphatic carbocycles. The molecule has 2 rings (SSSR count). The summed E-state index contributed by atoms with van der Waals surface area (Å²) in [5, 5.41) is 7.55. The summed E-state index contributed by atoms with van der Waals surface area (Å²) in [6.07, 6.45) is 0.931. The van der Waals surface area contributed by atoms with Crippen molar-refractivity contribution < 1.29 is 0 Å². The van der Waals surface area contributed by atoms with Gasteiger partial charge in [-0.2, -0.15) is 0 Å². The third-order valence-electron chi connectivity index (χ3n) is 4.45. The topological polar surface area (TPSA) is 42.9 Å². The highest BCUT2D eigenvalue weighted by Gasteiger charge is 2.14. The first-order valence-electron chi connectivity index (χ1n) is 8.85. The third-order valence-corrected chi connectivity index (χ3v) is 4.69. The van der Waals surface area contributed by atoms with Crippen LogP contribution in [0.2, 0.25) is 5.02 Å². The summed E-state index contributed by atoms with van der Waals surface area (Å²) >= 11 is 6.01. The minimum absolute atomic E-state index is 0.790. The molecule has 0 amide bonds. The largest absolute Gasteiger partial charge is 0.356 e. The van der Waals surface area contributed by atoms with Gasteiger partial charge < -0.3 is 15.5 Å². The van der Waals surface area contributed by atoms with E-state index in [2.05, 4.69) is 38.4 Å². The minimum atomic E-state index is 0.790. The van der Waals surface area contributed by atoms with Gasteiger partial charge in [-0.1, -0.05) is 30.7 Å². The molecule has 0 radical (unpaired) electrons. The Balaban J connectivity index is 1.60. The average Bonchev–Trinajstić information content (AvgIpc) is 2.61. The molecule has 6 heteroatoms. The molecule has 1 aromatic carbocycles. The molecule has 5 nitrogen and oxygen atoms in total. The molecule has 1 heterocycles. The molecule has 24 heavy (non-hydrogen) atoms. The normalized spacial score (nSPS) is 17.0. The van der Waals surface area contributed by atoms with E-state index in [4.69, 9.17) is 11.6 Å². The lowest BCUT2D eigenvalue weighted by molar-refractivity contribution is 0.139. The van der Waals surface area contributed by atoms with Crippen LogP contribution in [-0.2, 0) is 6.42 Å². The van der Waals surface area contributed by atoms with E-state index in [9.17, 15) is 0 Å². The Labute approximate surface area is 151 Å². The maximum absolute atomic E-state index is 6.01. The Morgan fingerprint density at radius 3 is 2.50 bits per heavy atom. The van der Waals surface area contributed by atoms with Crippen LogP contribution < -0.4 is 10.6 Å². The lowest BCUT2D eigenvalue weighted by Crippen LogP contribution is -2.49. The fourth-order valence-corrected chi connectivity index (χ4v) is 3.11. The Bertz CT molecular complexity index is 512. The molecular formula is C18H30ClN5. The highest BCUT2D eigenvalue weighted by Crippen LogP contribution is 2.10. The molecular weight excluding hydrogens is 322 g/mol. The van der Waals surface area contributed by atoms with Gasteiger partial charge >= 0.3 is 0 Å². The minimum Gasteiger partial charge on any atom is -0.356 e. The van der Waals surface area contributed by atoms with E-state index in [0.29, 0.717) is 0 Å². The smallest absolute Gasteiger partial charge is 0.191 e. The number of likely N-dealkylation sites (N-methyl/N-ethyl adjacent to an activating group) is 1. The second-order valence-corrected chi connectivity index (χ2v) is 6.52. The zero-order valence-electron chi connectivity index (χ0n) is 14.9. The monoisotopic (exact) mass is 351 g/mol. The zero-order chi connectivity index (χ0) is 17.2. The molecule has 2 N–H and O–H groups in total. The van der Waals surface area contributed by atoms with Crippen molar-refractivity contribution in [3.05, 3.63) is 34.9 Å². The van der Waals surface area contributed by atoms with Gasteiger partial charge in [0.15, 0.2) is 5.96 Å². The van der Waals surface area contributed by atoms with Crippen molar-refractivity contribution >= 4 is 17.6 Å². The predicted octanol–water partition coefficient (Wildman–Crippen LogP) is 1.68. The fourth-order valence-electron chi connectivity index (χ4n) is 2.90. The first kappa shape index (κ1) is 19.0. The van der Waals surface area contributed by atoms with E-state index in [1.165, 1.54) is 18.7 Å². The highest BCUT2D eigenvalue weighted by atomic mass is 35.5.